The largest absolute Gasteiger partial charge is 0.356 e. The zero-order valence-electron chi connectivity index (χ0n) is 14.9. The third-order valence-electron chi connectivity index (χ3n) is 5.01. The average molecular weight is 330 g/mol. The van der Waals surface area contributed by atoms with Gasteiger partial charge in [-0.1, -0.05) is 43.7 Å². The van der Waals surface area contributed by atoms with E-state index in [1.54, 1.807) is 7.05 Å². The van der Waals surface area contributed by atoms with Crippen LogP contribution >= 0.6 is 0 Å². The van der Waals surface area contributed by atoms with Crippen LogP contribution in [0.25, 0.3) is 0 Å². The Morgan fingerprint density at radius 2 is 1.92 bits per heavy atom. The number of hydrogen-bond acceptors (Lipinski definition) is 2. The first-order valence-corrected chi connectivity index (χ1v) is 8.92. The van der Waals surface area contributed by atoms with E-state index in [2.05, 4.69) is 40.0 Å². The van der Waals surface area contributed by atoms with Gasteiger partial charge in [0.1, 0.15) is 0 Å². The molecule has 0 radical (unpaired) electrons. The molecule has 1 aromatic carbocycles. The topological polar surface area (TPSA) is 65.5 Å². The molecule has 1 fully saturated rings. The summed E-state index contributed by atoms with van der Waals surface area (Å²) in [5.41, 5.74) is 1.66. The summed E-state index contributed by atoms with van der Waals surface area (Å²) in [5.74, 6) is 0.690. The molecule has 1 amide bonds. The number of amides is 1. The third-order valence-corrected chi connectivity index (χ3v) is 5.01. The average Bonchev–Trinajstić information content (AvgIpc) is 2.58. The van der Waals surface area contributed by atoms with E-state index < -0.39 is 0 Å². The number of nitrogens with one attached hydrogen (secondary N) is 3. The molecule has 0 bridgehead atoms. The van der Waals surface area contributed by atoms with Crippen LogP contribution in [0.2, 0.25) is 0 Å². The fourth-order valence-electron chi connectivity index (χ4n) is 3.04. The molecular formula is C19H30N4O. The first kappa shape index (κ1) is 18.3. The van der Waals surface area contributed by atoms with Gasteiger partial charge in [0.25, 0.3) is 0 Å². The molecule has 0 unspecified atom stereocenters. The Morgan fingerprint density at radius 3 is 2.50 bits per heavy atom. The quantitative estimate of drug-likeness (QED) is 0.505. The van der Waals surface area contributed by atoms with E-state index in [4.69, 9.17) is 0 Å². The van der Waals surface area contributed by atoms with Crippen molar-refractivity contribution in [2.24, 2.45) is 10.4 Å². The Morgan fingerprint density at radius 1 is 1.17 bits per heavy atom. The summed E-state index contributed by atoms with van der Waals surface area (Å²) in [4.78, 5) is 16.1. The molecule has 0 aliphatic heterocycles. The van der Waals surface area contributed by atoms with Gasteiger partial charge in [-0.3, -0.25) is 9.79 Å². The lowest BCUT2D eigenvalue weighted by Gasteiger charge is -2.41. The van der Waals surface area contributed by atoms with Crippen LogP contribution in [-0.2, 0) is 11.2 Å². The molecule has 5 heteroatoms. The van der Waals surface area contributed by atoms with Crippen molar-refractivity contribution in [3.63, 3.8) is 0 Å². The maximum Gasteiger partial charge on any atom is 0.239 e. The number of benzene rings is 1. The van der Waals surface area contributed by atoms with Gasteiger partial charge in [-0.2, -0.15) is 0 Å². The third kappa shape index (κ3) is 5.55. The Balaban J connectivity index is 1.62. The van der Waals surface area contributed by atoms with Gasteiger partial charge in [0.15, 0.2) is 5.96 Å². The molecule has 0 heterocycles. The Kier molecular flexibility index (Phi) is 7.09. The lowest BCUT2D eigenvalue weighted by Crippen LogP contribution is -2.48. The second-order valence-corrected chi connectivity index (χ2v) is 6.57. The summed E-state index contributed by atoms with van der Waals surface area (Å²) in [5, 5.41) is 9.38. The maximum absolute atomic E-state index is 11.9. The number of rotatable bonds is 8. The molecule has 0 spiro atoms. The van der Waals surface area contributed by atoms with Crippen molar-refractivity contribution in [3.05, 3.63) is 35.9 Å². The molecule has 132 valence electrons. The van der Waals surface area contributed by atoms with Crippen LogP contribution < -0.4 is 16.0 Å². The second kappa shape index (κ2) is 9.30. The SMILES string of the molecule is CCC1(CNC(=NC)NCC(=O)NCCc2ccccc2)CCC1. The van der Waals surface area contributed by atoms with E-state index in [-0.39, 0.29) is 12.5 Å². The summed E-state index contributed by atoms with van der Waals surface area (Å²) in [6, 6.07) is 10.2. The molecule has 5 nitrogen and oxygen atoms in total. The Labute approximate surface area is 145 Å². The first-order chi connectivity index (χ1) is 11.7. The Bertz CT molecular complexity index is 532. The fourth-order valence-corrected chi connectivity index (χ4v) is 3.04. The predicted molar refractivity (Wildman–Crippen MR) is 99.1 cm³/mol. The molecule has 24 heavy (non-hydrogen) atoms. The minimum atomic E-state index is -0.0114. The molecule has 0 aromatic heterocycles. The smallest absolute Gasteiger partial charge is 0.239 e. The number of carbonyl (C=O) groups is 1. The first-order valence-electron chi connectivity index (χ1n) is 8.92. The summed E-state index contributed by atoms with van der Waals surface area (Å²) < 4.78 is 0. The van der Waals surface area contributed by atoms with Crippen LogP contribution in [0.5, 0.6) is 0 Å². The van der Waals surface area contributed by atoms with E-state index >= 15 is 0 Å². The molecule has 3 N–H and O–H groups in total. The van der Waals surface area contributed by atoms with Crippen molar-refractivity contribution in [1.82, 2.24) is 16.0 Å². The van der Waals surface area contributed by atoms with E-state index in [0.717, 1.165) is 13.0 Å². The minimum Gasteiger partial charge on any atom is -0.356 e. The van der Waals surface area contributed by atoms with Gasteiger partial charge < -0.3 is 16.0 Å². The minimum absolute atomic E-state index is 0.0114. The van der Waals surface area contributed by atoms with Crippen molar-refractivity contribution >= 4 is 11.9 Å². The molecule has 1 saturated carbocycles. The van der Waals surface area contributed by atoms with Crippen LogP contribution in [0, 0.1) is 5.41 Å². The van der Waals surface area contributed by atoms with Crippen LogP contribution in [0.1, 0.15) is 38.2 Å². The summed E-state index contributed by atoms with van der Waals surface area (Å²) in [6.07, 6.45) is 5.93. The van der Waals surface area contributed by atoms with E-state index in [9.17, 15) is 4.79 Å². The molecule has 1 aliphatic carbocycles. The van der Waals surface area contributed by atoms with Crippen molar-refractivity contribution in [3.8, 4) is 0 Å². The predicted octanol–water partition coefficient (Wildman–Crippen LogP) is 2.09. The maximum atomic E-state index is 11.9. The highest BCUT2D eigenvalue weighted by Gasteiger charge is 2.34. The van der Waals surface area contributed by atoms with E-state index in [0.29, 0.717) is 17.9 Å². The number of hydrogen-bond donors (Lipinski definition) is 3. The zero-order valence-corrected chi connectivity index (χ0v) is 14.9. The molecule has 2 rings (SSSR count). The lowest BCUT2D eigenvalue weighted by atomic mass is 9.67. The number of nitrogens with zero attached hydrogens (tertiary/aromatic N) is 1. The molecule has 0 atom stereocenters. The zero-order chi connectivity index (χ0) is 17.3. The van der Waals surface area contributed by atoms with Crippen LogP contribution in [0.4, 0.5) is 0 Å². The van der Waals surface area contributed by atoms with Gasteiger partial charge in [0.2, 0.25) is 5.91 Å². The lowest BCUT2D eigenvalue weighted by molar-refractivity contribution is -0.119. The van der Waals surface area contributed by atoms with Gasteiger partial charge in [0, 0.05) is 20.1 Å². The second-order valence-electron chi connectivity index (χ2n) is 6.57. The van der Waals surface area contributed by atoms with Gasteiger partial charge >= 0.3 is 0 Å². The highest BCUT2D eigenvalue weighted by atomic mass is 16.1. The highest BCUT2D eigenvalue weighted by Crippen LogP contribution is 2.42. The van der Waals surface area contributed by atoms with Crippen LogP contribution in [0.15, 0.2) is 35.3 Å². The molecular weight excluding hydrogens is 300 g/mol. The fraction of sp³-hybridized carbons (Fsp3) is 0.579. The summed E-state index contributed by atoms with van der Waals surface area (Å²) in [6.45, 7) is 4.07. The van der Waals surface area contributed by atoms with E-state index in [1.807, 2.05) is 18.2 Å². The molecule has 1 aliphatic rings. The molecule has 0 saturated heterocycles. The van der Waals surface area contributed by atoms with Crippen molar-refractivity contribution in [2.45, 2.75) is 39.0 Å². The van der Waals surface area contributed by atoms with Gasteiger partial charge in [-0.15, -0.1) is 0 Å². The van der Waals surface area contributed by atoms with E-state index in [1.165, 1.54) is 31.2 Å². The van der Waals surface area contributed by atoms with Crippen molar-refractivity contribution in [1.29, 1.82) is 0 Å². The monoisotopic (exact) mass is 330 g/mol. The number of aliphatic imine (C=N–C) groups is 1. The summed E-state index contributed by atoms with van der Waals surface area (Å²) in [7, 11) is 1.74. The summed E-state index contributed by atoms with van der Waals surface area (Å²) >= 11 is 0. The van der Waals surface area contributed by atoms with Crippen molar-refractivity contribution < 1.29 is 4.79 Å². The van der Waals surface area contributed by atoms with Crippen LogP contribution in [0.3, 0.4) is 0 Å². The highest BCUT2D eigenvalue weighted by molar-refractivity contribution is 5.86. The normalized spacial score (nSPS) is 16.2. The standard InChI is InChI=1S/C19H30N4O/c1-3-19(11-7-12-19)15-23-18(20-2)22-14-17(24)21-13-10-16-8-5-4-6-9-16/h4-6,8-9H,3,7,10-15H2,1-2H3,(H,21,24)(H2,20,22,23). The number of guanidine groups is 1. The van der Waals surface area contributed by atoms with Gasteiger partial charge in [0.05, 0.1) is 6.54 Å². The molecule has 1 aromatic rings. The van der Waals surface area contributed by atoms with Gasteiger partial charge in [-0.05, 0) is 36.7 Å². The van der Waals surface area contributed by atoms with Gasteiger partial charge in [-0.25, -0.2) is 0 Å². The number of carbonyl (C=O) groups excluding carboxylic acids is 1. The van der Waals surface area contributed by atoms with Crippen LogP contribution in [-0.4, -0.2) is 38.5 Å². The van der Waals surface area contributed by atoms with Crippen molar-refractivity contribution in [2.75, 3.05) is 26.7 Å². The Hall–Kier alpha value is -2.04.